The first-order valence-corrected chi connectivity index (χ1v) is 9.92. The molecule has 3 heterocycles. The van der Waals surface area contributed by atoms with Crippen LogP contribution in [0.5, 0.6) is 5.75 Å². The number of pyridine rings is 1. The van der Waals surface area contributed by atoms with Gasteiger partial charge in [0.25, 0.3) is 0 Å². The molecule has 0 fully saturated rings. The monoisotopic (exact) mass is 459 g/mol. The number of imidazole rings is 2. The first-order chi connectivity index (χ1) is 15.7. The summed E-state index contributed by atoms with van der Waals surface area (Å²) in [5.41, 5.74) is 1.21. The Kier molecular flexibility index (Phi) is 5.71. The van der Waals surface area contributed by atoms with E-state index in [9.17, 15) is 18.0 Å². The highest BCUT2D eigenvalue weighted by molar-refractivity contribution is 5.89. The second kappa shape index (κ2) is 8.49. The van der Waals surface area contributed by atoms with Gasteiger partial charge < -0.3 is 23.8 Å². The Labute approximate surface area is 186 Å². The number of aromatic nitrogens is 4. The minimum absolute atomic E-state index is 0.0636. The predicted molar refractivity (Wildman–Crippen MR) is 114 cm³/mol. The second-order valence-electron chi connectivity index (χ2n) is 7.15. The summed E-state index contributed by atoms with van der Waals surface area (Å²) in [5, 5.41) is 2.96. The standard InChI is InChI=1S/C22H20F3N5O3/c1-4-33-21(31)17-11-29-10-14(22(23,24)25)7-16(20(29)28-17)27-15-5-6-18(19(8-15)32-3)30-9-13(2)26-12-30/h5-12,27H,4H2,1-3H3. The second-order valence-corrected chi connectivity index (χ2v) is 7.15. The number of halogens is 3. The third kappa shape index (κ3) is 4.47. The molecule has 0 radical (unpaired) electrons. The summed E-state index contributed by atoms with van der Waals surface area (Å²) in [6.45, 7) is 3.60. The van der Waals surface area contributed by atoms with Gasteiger partial charge in [-0.05, 0) is 32.0 Å². The molecule has 4 rings (SSSR count). The van der Waals surface area contributed by atoms with Gasteiger partial charge in [0.1, 0.15) is 5.75 Å². The van der Waals surface area contributed by atoms with Crippen molar-refractivity contribution in [3.05, 3.63) is 66.1 Å². The molecule has 8 nitrogen and oxygen atoms in total. The Morgan fingerprint density at radius 2 is 1.97 bits per heavy atom. The van der Waals surface area contributed by atoms with Crippen LogP contribution >= 0.6 is 0 Å². The maximum absolute atomic E-state index is 13.5. The number of hydrogen-bond donors (Lipinski definition) is 1. The fourth-order valence-electron chi connectivity index (χ4n) is 3.33. The van der Waals surface area contributed by atoms with Gasteiger partial charge in [0.15, 0.2) is 11.3 Å². The molecule has 4 aromatic rings. The lowest BCUT2D eigenvalue weighted by Gasteiger charge is -2.15. The number of nitrogens with one attached hydrogen (secondary N) is 1. The van der Waals surface area contributed by atoms with E-state index in [1.165, 1.54) is 13.3 Å². The van der Waals surface area contributed by atoms with Crippen LogP contribution < -0.4 is 10.1 Å². The molecule has 172 valence electrons. The van der Waals surface area contributed by atoms with Crippen molar-refractivity contribution < 1.29 is 27.4 Å². The van der Waals surface area contributed by atoms with Crippen molar-refractivity contribution in [3.63, 3.8) is 0 Å². The molecule has 3 aromatic heterocycles. The van der Waals surface area contributed by atoms with E-state index < -0.39 is 17.7 Å². The zero-order chi connectivity index (χ0) is 23.8. The average molecular weight is 459 g/mol. The maximum atomic E-state index is 13.5. The van der Waals surface area contributed by atoms with Crippen LogP contribution in [0.4, 0.5) is 24.5 Å². The third-order valence-electron chi connectivity index (χ3n) is 4.81. The molecule has 0 atom stereocenters. The molecule has 0 bridgehead atoms. The summed E-state index contributed by atoms with van der Waals surface area (Å²) in [4.78, 5) is 20.4. The van der Waals surface area contributed by atoms with Crippen molar-refractivity contribution in [2.24, 2.45) is 0 Å². The van der Waals surface area contributed by atoms with Gasteiger partial charge in [-0.25, -0.2) is 14.8 Å². The fraction of sp³-hybridized carbons (Fsp3) is 0.227. The molecule has 1 aromatic carbocycles. The Hall–Kier alpha value is -4.02. The molecular formula is C22H20F3N5O3. The predicted octanol–water partition coefficient (Wildman–Crippen LogP) is 4.78. The summed E-state index contributed by atoms with van der Waals surface area (Å²) in [5.74, 6) is -0.238. The van der Waals surface area contributed by atoms with Crippen molar-refractivity contribution in [1.82, 2.24) is 18.9 Å². The number of carbonyl (C=O) groups excluding carboxylic acids is 1. The summed E-state index contributed by atoms with van der Waals surface area (Å²) in [6, 6.07) is 6.04. The fourth-order valence-corrected chi connectivity index (χ4v) is 3.33. The van der Waals surface area contributed by atoms with Crippen molar-refractivity contribution in [1.29, 1.82) is 0 Å². The van der Waals surface area contributed by atoms with Gasteiger partial charge in [-0.3, -0.25) is 0 Å². The van der Waals surface area contributed by atoms with E-state index in [-0.39, 0.29) is 23.6 Å². The summed E-state index contributed by atoms with van der Waals surface area (Å²) >= 11 is 0. The van der Waals surface area contributed by atoms with Gasteiger partial charge in [-0.2, -0.15) is 13.2 Å². The molecular weight excluding hydrogens is 439 g/mol. The molecule has 0 saturated heterocycles. The van der Waals surface area contributed by atoms with E-state index >= 15 is 0 Å². The molecule has 0 spiro atoms. The molecule has 33 heavy (non-hydrogen) atoms. The lowest BCUT2D eigenvalue weighted by atomic mass is 10.2. The first kappa shape index (κ1) is 22.2. The normalized spacial score (nSPS) is 11.6. The van der Waals surface area contributed by atoms with Gasteiger partial charge >= 0.3 is 12.1 Å². The molecule has 0 aliphatic heterocycles. The van der Waals surface area contributed by atoms with E-state index in [4.69, 9.17) is 9.47 Å². The Morgan fingerprint density at radius 3 is 2.61 bits per heavy atom. The van der Waals surface area contributed by atoms with Crippen molar-refractivity contribution in [3.8, 4) is 11.4 Å². The van der Waals surface area contributed by atoms with Crippen LogP contribution in [-0.2, 0) is 10.9 Å². The molecule has 0 aliphatic rings. The highest BCUT2D eigenvalue weighted by Crippen LogP contribution is 2.35. The zero-order valence-electron chi connectivity index (χ0n) is 18.0. The number of benzene rings is 1. The number of anilines is 2. The third-order valence-corrected chi connectivity index (χ3v) is 4.81. The molecule has 0 unspecified atom stereocenters. The maximum Gasteiger partial charge on any atom is 0.417 e. The summed E-state index contributed by atoms with van der Waals surface area (Å²) < 4.78 is 53.8. The Morgan fingerprint density at radius 1 is 1.18 bits per heavy atom. The van der Waals surface area contributed by atoms with Gasteiger partial charge in [0, 0.05) is 30.3 Å². The van der Waals surface area contributed by atoms with E-state index in [0.717, 1.165) is 22.4 Å². The topological polar surface area (TPSA) is 82.7 Å². The molecule has 0 aliphatic carbocycles. The number of aryl methyl sites for hydroxylation is 1. The van der Waals surface area contributed by atoms with Crippen molar-refractivity contribution in [2.75, 3.05) is 19.0 Å². The van der Waals surface area contributed by atoms with Gasteiger partial charge in [-0.15, -0.1) is 0 Å². The SMILES string of the molecule is CCOC(=O)c1cn2cc(C(F)(F)F)cc(Nc3ccc(-n4cnc(C)c4)c(OC)c3)c2n1. The van der Waals surface area contributed by atoms with E-state index in [2.05, 4.69) is 15.3 Å². The molecule has 0 saturated carbocycles. The smallest absolute Gasteiger partial charge is 0.417 e. The number of ether oxygens (including phenoxy) is 2. The van der Waals surface area contributed by atoms with Crippen LogP contribution in [0.2, 0.25) is 0 Å². The number of nitrogens with zero attached hydrogens (tertiary/aromatic N) is 4. The minimum Gasteiger partial charge on any atom is -0.494 e. The van der Waals surface area contributed by atoms with Gasteiger partial charge in [0.05, 0.1) is 42.7 Å². The Bertz CT molecular complexity index is 1330. The van der Waals surface area contributed by atoms with E-state index in [1.54, 1.807) is 36.0 Å². The lowest BCUT2D eigenvalue weighted by Crippen LogP contribution is -2.08. The molecule has 11 heteroatoms. The van der Waals surface area contributed by atoms with E-state index in [0.29, 0.717) is 17.1 Å². The number of rotatable bonds is 6. The van der Waals surface area contributed by atoms with Crippen LogP contribution in [0.1, 0.15) is 28.7 Å². The molecule has 1 N–H and O–H groups in total. The number of fused-ring (bicyclic) bond motifs is 1. The van der Waals surface area contributed by atoms with Crippen LogP contribution in [-0.4, -0.2) is 38.6 Å². The number of alkyl halides is 3. The highest BCUT2D eigenvalue weighted by Gasteiger charge is 2.32. The lowest BCUT2D eigenvalue weighted by molar-refractivity contribution is -0.137. The van der Waals surface area contributed by atoms with Crippen LogP contribution in [0, 0.1) is 6.92 Å². The summed E-state index contributed by atoms with van der Waals surface area (Å²) in [6.07, 6.45) is 0.945. The number of methoxy groups -OCH3 is 1. The van der Waals surface area contributed by atoms with Crippen molar-refractivity contribution >= 4 is 23.0 Å². The van der Waals surface area contributed by atoms with Gasteiger partial charge in [0.2, 0.25) is 0 Å². The van der Waals surface area contributed by atoms with E-state index in [1.807, 2.05) is 13.1 Å². The number of esters is 1. The first-order valence-electron chi connectivity index (χ1n) is 9.92. The quantitative estimate of drug-likeness (QED) is 0.418. The zero-order valence-corrected chi connectivity index (χ0v) is 18.0. The summed E-state index contributed by atoms with van der Waals surface area (Å²) in [7, 11) is 1.50. The van der Waals surface area contributed by atoms with Crippen molar-refractivity contribution in [2.45, 2.75) is 20.0 Å². The Balaban J connectivity index is 1.77. The van der Waals surface area contributed by atoms with Crippen LogP contribution in [0.25, 0.3) is 11.3 Å². The van der Waals surface area contributed by atoms with Crippen LogP contribution in [0.15, 0.2) is 49.2 Å². The number of carbonyl (C=O) groups is 1. The van der Waals surface area contributed by atoms with Gasteiger partial charge in [-0.1, -0.05) is 0 Å². The largest absolute Gasteiger partial charge is 0.494 e. The minimum atomic E-state index is -4.60. The molecule has 0 amide bonds. The van der Waals surface area contributed by atoms with Crippen LogP contribution in [0.3, 0.4) is 0 Å². The highest BCUT2D eigenvalue weighted by atomic mass is 19.4. The average Bonchev–Trinajstić information content (AvgIpc) is 3.39. The number of hydrogen-bond acceptors (Lipinski definition) is 6.